The molecular weight excluding hydrogens is 350 g/mol. The van der Waals surface area contributed by atoms with Crippen LogP contribution >= 0.6 is 0 Å². The monoisotopic (exact) mass is 377 g/mol. The zero-order valence-electron chi connectivity index (χ0n) is 16.5. The molecule has 0 spiro atoms. The Hall–Kier alpha value is -2.69. The number of fused-ring (bicyclic) bond motifs is 1. The Morgan fingerprint density at radius 3 is 2.75 bits per heavy atom. The molecule has 1 saturated heterocycles. The van der Waals surface area contributed by atoms with Crippen LogP contribution in [0.5, 0.6) is 0 Å². The van der Waals surface area contributed by atoms with Crippen molar-refractivity contribution >= 4 is 17.5 Å². The summed E-state index contributed by atoms with van der Waals surface area (Å²) in [5, 5.41) is 0. The van der Waals surface area contributed by atoms with Crippen LogP contribution in [-0.4, -0.2) is 34.8 Å². The van der Waals surface area contributed by atoms with E-state index in [1.54, 1.807) is 12.4 Å². The Balaban J connectivity index is 1.70. The minimum absolute atomic E-state index is 0.125. The number of anilines is 1. The molecular formula is C23H27N3O2. The predicted octanol–water partition coefficient (Wildman–Crippen LogP) is 3.61. The van der Waals surface area contributed by atoms with Gasteiger partial charge in [0.05, 0.1) is 12.0 Å². The van der Waals surface area contributed by atoms with Crippen LogP contribution in [0.2, 0.25) is 0 Å². The van der Waals surface area contributed by atoms with E-state index >= 15 is 0 Å². The minimum Gasteiger partial charge on any atom is -0.335 e. The van der Waals surface area contributed by atoms with Crippen LogP contribution in [0, 0.1) is 11.8 Å². The van der Waals surface area contributed by atoms with Crippen LogP contribution in [0.15, 0.2) is 48.8 Å². The number of benzene rings is 1. The minimum atomic E-state index is -0.252. The highest BCUT2D eigenvalue weighted by Gasteiger charge is 2.43. The van der Waals surface area contributed by atoms with Gasteiger partial charge in [-0.15, -0.1) is 0 Å². The van der Waals surface area contributed by atoms with Crippen molar-refractivity contribution in [3.63, 3.8) is 0 Å². The molecule has 4 rings (SSSR count). The molecule has 146 valence electrons. The molecule has 3 heterocycles. The van der Waals surface area contributed by atoms with E-state index in [4.69, 9.17) is 0 Å². The molecule has 2 aliphatic rings. The molecule has 28 heavy (non-hydrogen) atoms. The largest absolute Gasteiger partial charge is 0.335 e. The van der Waals surface area contributed by atoms with Gasteiger partial charge in [-0.25, -0.2) is 0 Å². The van der Waals surface area contributed by atoms with Crippen LogP contribution in [0.3, 0.4) is 0 Å². The first kappa shape index (κ1) is 18.7. The second kappa shape index (κ2) is 7.74. The molecule has 2 aromatic rings. The fourth-order valence-electron chi connectivity index (χ4n) is 4.55. The lowest BCUT2D eigenvalue weighted by Gasteiger charge is -2.42. The SMILES string of the molecule is CC(C)CN1C(=O)CC[C@@H](C(=O)N2CCc3ccccc32)[C@@H]1c1cccnc1. The van der Waals surface area contributed by atoms with Gasteiger partial charge < -0.3 is 9.80 Å². The summed E-state index contributed by atoms with van der Waals surface area (Å²) in [6.45, 7) is 5.58. The molecule has 0 saturated carbocycles. The van der Waals surface area contributed by atoms with Gasteiger partial charge in [0.1, 0.15) is 0 Å². The van der Waals surface area contributed by atoms with Crippen molar-refractivity contribution in [2.75, 3.05) is 18.0 Å². The molecule has 1 aromatic carbocycles. The first-order valence-electron chi connectivity index (χ1n) is 10.1. The van der Waals surface area contributed by atoms with Crippen molar-refractivity contribution < 1.29 is 9.59 Å². The summed E-state index contributed by atoms with van der Waals surface area (Å²) in [5.74, 6) is 0.352. The number of amides is 2. The summed E-state index contributed by atoms with van der Waals surface area (Å²) in [6.07, 6.45) is 5.43. The van der Waals surface area contributed by atoms with E-state index in [0.29, 0.717) is 31.8 Å². The quantitative estimate of drug-likeness (QED) is 0.818. The Labute approximate surface area is 166 Å². The van der Waals surface area contributed by atoms with Gasteiger partial charge in [-0.3, -0.25) is 14.6 Å². The molecule has 2 atom stereocenters. The lowest BCUT2D eigenvalue weighted by atomic mass is 9.83. The van der Waals surface area contributed by atoms with Crippen molar-refractivity contribution in [2.24, 2.45) is 11.8 Å². The van der Waals surface area contributed by atoms with Gasteiger partial charge in [-0.05, 0) is 42.0 Å². The third-order valence-corrected chi connectivity index (χ3v) is 5.76. The number of hydrogen-bond acceptors (Lipinski definition) is 3. The number of hydrogen-bond donors (Lipinski definition) is 0. The van der Waals surface area contributed by atoms with E-state index in [2.05, 4.69) is 24.9 Å². The van der Waals surface area contributed by atoms with Gasteiger partial charge in [-0.2, -0.15) is 0 Å². The van der Waals surface area contributed by atoms with Crippen molar-refractivity contribution in [1.29, 1.82) is 0 Å². The van der Waals surface area contributed by atoms with E-state index in [9.17, 15) is 9.59 Å². The van der Waals surface area contributed by atoms with E-state index in [1.807, 2.05) is 40.1 Å². The number of piperidine rings is 1. The van der Waals surface area contributed by atoms with Crippen LogP contribution in [0.4, 0.5) is 5.69 Å². The summed E-state index contributed by atoms with van der Waals surface area (Å²) < 4.78 is 0. The van der Waals surface area contributed by atoms with Crippen molar-refractivity contribution in [3.05, 3.63) is 59.9 Å². The Kier molecular flexibility index (Phi) is 5.16. The fourth-order valence-corrected chi connectivity index (χ4v) is 4.55. The molecule has 5 heteroatoms. The summed E-state index contributed by atoms with van der Waals surface area (Å²) >= 11 is 0. The van der Waals surface area contributed by atoms with Crippen LogP contribution < -0.4 is 4.90 Å². The number of likely N-dealkylation sites (tertiary alicyclic amines) is 1. The molecule has 0 bridgehead atoms. The van der Waals surface area contributed by atoms with Gasteiger partial charge in [0, 0.05) is 37.6 Å². The predicted molar refractivity (Wildman–Crippen MR) is 109 cm³/mol. The summed E-state index contributed by atoms with van der Waals surface area (Å²) in [6, 6.07) is 11.7. The van der Waals surface area contributed by atoms with E-state index in [0.717, 1.165) is 17.7 Å². The highest BCUT2D eigenvalue weighted by molar-refractivity contribution is 5.98. The van der Waals surface area contributed by atoms with Gasteiger partial charge in [0.25, 0.3) is 0 Å². The second-order valence-corrected chi connectivity index (χ2v) is 8.18. The maximum Gasteiger partial charge on any atom is 0.232 e. The third kappa shape index (κ3) is 3.41. The lowest BCUT2D eigenvalue weighted by Crippen LogP contribution is -2.50. The van der Waals surface area contributed by atoms with Crippen LogP contribution in [0.25, 0.3) is 0 Å². The molecule has 2 aliphatic heterocycles. The Morgan fingerprint density at radius 1 is 1.18 bits per heavy atom. The molecule has 0 N–H and O–H groups in total. The maximum absolute atomic E-state index is 13.7. The first-order chi connectivity index (χ1) is 13.6. The highest BCUT2D eigenvalue weighted by Crippen LogP contribution is 2.40. The standard InChI is InChI=1S/C23H27N3O2/c1-16(2)15-26-21(27)10-9-19(22(26)18-7-5-12-24-14-18)23(28)25-13-11-17-6-3-4-8-20(17)25/h3-8,12,14,16,19,22H,9-11,13,15H2,1-2H3/t19-,22+/m1/s1. The second-order valence-electron chi connectivity index (χ2n) is 8.18. The van der Waals surface area contributed by atoms with Crippen molar-refractivity contribution in [1.82, 2.24) is 9.88 Å². The molecule has 1 aromatic heterocycles. The number of para-hydroxylation sites is 1. The average molecular weight is 377 g/mol. The van der Waals surface area contributed by atoms with Crippen LogP contribution in [0.1, 0.15) is 43.9 Å². The molecule has 2 amide bonds. The third-order valence-electron chi connectivity index (χ3n) is 5.76. The first-order valence-corrected chi connectivity index (χ1v) is 10.1. The van der Waals surface area contributed by atoms with E-state index in [1.165, 1.54) is 5.56 Å². The maximum atomic E-state index is 13.7. The average Bonchev–Trinajstić information content (AvgIpc) is 3.13. The highest BCUT2D eigenvalue weighted by atomic mass is 16.2. The van der Waals surface area contributed by atoms with E-state index in [-0.39, 0.29) is 23.8 Å². The number of rotatable bonds is 4. The van der Waals surface area contributed by atoms with Gasteiger partial charge >= 0.3 is 0 Å². The Bertz CT molecular complexity index is 865. The summed E-state index contributed by atoms with van der Waals surface area (Å²) in [7, 11) is 0. The van der Waals surface area contributed by atoms with Crippen LogP contribution in [-0.2, 0) is 16.0 Å². The summed E-state index contributed by atoms with van der Waals surface area (Å²) in [4.78, 5) is 34.5. The number of carbonyl (C=O) groups is 2. The lowest BCUT2D eigenvalue weighted by molar-refractivity contribution is -0.143. The summed E-state index contributed by atoms with van der Waals surface area (Å²) in [5.41, 5.74) is 3.19. The molecule has 0 radical (unpaired) electrons. The molecule has 1 fully saturated rings. The smallest absolute Gasteiger partial charge is 0.232 e. The number of aromatic nitrogens is 1. The molecule has 5 nitrogen and oxygen atoms in total. The van der Waals surface area contributed by atoms with Gasteiger partial charge in [0.2, 0.25) is 11.8 Å². The fraction of sp³-hybridized carbons (Fsp3) is 0.435. The van der Waals surface area contributed by atoms with Crippen molar-refractivity contribution in [3.8, 4) is 0 Å². The zero-order valence-corrected chi connectivity index (χ0v) is 16.5. The molecule has 0 unspecified atom stereocenters. The van der Waals surface area contributed by atoms with Crippen molar-refractivity contribution in [2.45, 2.75) is 39.2 Å². The Morgan fingerprint density at radius 2 is 2.00 bits per heavy atom. The zero-order chi connectivity index (χ0) is 19.7. The topological polar surface area (TPSA) is 53.5 Å². The number of nitrogens with zero attached hydrogens (tertiary/aromatic N) is 3. The number of carbonyl (C=O) groups excluding carboxylic acids is 2. The normalized spacial score (nSPS) is 21.9. The van der Waals surface area contributed by atoms with Gasteiger partial charge in [0.15, 0.2) is 0 Å². The van der Waals surface area contributed by atoms with E-state index < -0.39 is 0 Å². The number of pyridine rings is 1. The molecule has 0 aliphatic carbocycles. The van der Waals surface area contributed by atoms with Gasteiger partial charge in [-0.1, -0.05) is 38.1 Å².